The van der Waals surface area contributed by atoms with Crippen LogP contribution >= 0.6 is 0 Å². The SMILES string of the molecule is CCCC[O-].CCCC[O-].[CH3][Sn+2][c]1ccccc1C(C)N. The van der Waals surface area contributed by atoms with Crippen molar-refractivity contribution in [2.45, 2.75) is 57.4 Å². The van der Waals surface area contributed by atoms with Crippen molar-refractivity contribution >= 4 is 24.7 Å². The Morgan fingerprint density at radius 2 is 1.52 bits per heavy atom. The van der Waals surface area contributed by atoms with Gasteiger partial charge in [0.25, 0.3) is 0 Å². The van der Waals surface area contributed by atoms with Crippen LogP contribution in [0.1, 0.15) is 58.1 Å². The number of hydrogen-bond donors (Lipinski definition) is 1. The molecule has 0 aliphatic heterocycles. The Hall–Kier alpha value is -0.101. The van der Waals surface area contributed by atoms with Crippen molar-refractivity contribution in [1.82, 2.24) is 0 Å². The normalized spacial score (nSPS) is 10.4. The Bertz CT molecular complexity index is 309. The zero-order valence-electron chi connectivity index (χ0n) is 14.0. The third-order valence-corrected chi connectivity index (χ3v) is 5.55. The van der Waals surface area contributed by atoms with E-state index in [1.54, 1.807) is 0 Å². The summed E-state index contributed by atoms with van der Waals surface area (Å²) in [6, 6.07) is 8.73. The molecule has 2 N–H and O–H groups in total. The van der Waals surface area contributed by atoms with Crippen LogP contribution in [0.3, 0.4) is 0 Å². The fourth-order valence-electron chi connectivity index (χ4n) is 1.41. The molecular weight excluding hydrogens is 369 g/mol. The van der Waals surface area contributed by atoms with Crippen LogP contribution in [0.5, 0.6) is 0 Å². The van der Waals surface area contributed by atoms with Gasteiger partial charge in [-0.25, -0.2) is 0 Å². The first-order chi connectivity index (χ1) is 10.1. The van der Waals surface area contributed by atoms with Crippen LogP contribution in [0.15, 0.2) is 24.3 Å². The molecule has 1 unspecified atom stereocenters. The van der Waals surface area contributed by atoms with Crippen LogP contribution in [0, 0.1) is 0 Å². The van der Waals surface area contributed by atoms with Crippen molar-refractivity contribution in [3.05, 3.63) is 29.8 Å². The molecule has 1 atom stereocenters. The van der Waals surface area contributed by atoms with Crippen molar-refractivity contribution in [3.63, 3.8) is 0 Å². The molecule has 0 saturated heterocycles. The number of rotatable bonds is 6. The van der Waals surface area contributed by atoms with Gasteiger partial charge in [0, 0.05) is 0 Å². The molecule has 0 fully saturated rings. The molecular formula is C17H31NO2Sn. The zero-order chi connectivity index (χ0) is 16.5. The second-order valence-corrected chi connectivity index (χ2v) is 7.71. The molecule has 21 heavy (non-hydrogen) atoms. The summed E-state index contributed by atoms with van der Waals surface area (Å²) >= 11 is -0.313. The van der Waals surface area contributed by atoms with Gasteiger partial charge in [0.05, 0.1) is 0 Å². The average molecular weight is 400 g/mol. The van der Waals surface area contributed by atoms with Crippen molar-refractivity contribution < 1.29 is 10.2 Å². The Morgan fingerprint density at radius 1 is 1.05 bits per heavy atom. The third-order valence-electron chi connectivity index (χ3n) is 2.72. The van der Waals surface area contributed by atoms with Gasteiger partial charge in [-0.15, -0.1) is 13.2 Å². The van der Waals surface area contributed by atoms with E-state index in [9.17, 15) is 10.2 Å². The third kappa shape index (κ3) is 14.6. The molecule has 0 aliphatic rings. The van der Waals surface area contributed by atoms with E-state index in [0.29, 0.717) is 0 Å². The molecule has 0 aliphatic carbocycles. The Balaban J connectivity index is 0. The van der Waals surface area contributed by atoms with E-state index in [-0.39, 0.29) is 40.4 Å². The van der Waals surface area contributed by atoms with Gasteiger partial charge in [-0.3, -0.25) is 0 Å². The van der Waals surface area contributed by atoms with Gasteiger partial charge in [-0.05, 0) is 0 Å². The molecule has 0 amide bonds. The van der Waals surface area contributed by atoms with Gasteiger partial charge in [-0.1, -0.05) is 39.5 Å². The van der Waals surface area contributed by atoms with Crippen LogP contribution in [-0.2, 0) is 0 Å². The Morgan fingerprint density at radius 3 is 1.76 bits per heavy atom. The molecule has 0 aromatic heterocycles. The molecule has 0 radical (unpaired) electrons. The summed E-state index contributed by atoms with van der Waals surface area (Å²) in [6.45, 7) is 6.26. The molecule has 1 aromatic carbocycles. The van der Waals surface area contributed by atoms with Crippen molar-refractivity contribution in [3.8, 4) is 0 Å². The number of hydrogen-bond acceptors (Lipinski definition) is 3. The van der Waals surface area contributed by atoms with Crippen LogP contribution in [0.2, 0.25) is 4.94 Å². The summed E-state index contributed by atoms with van der Waals surface area (Å²) < 4.78 is 1.53. The first-order valence-electron chi connectivity index (χ1n) is 7.77. The minimum absolute atomic E-state index is 0.0938. The van der Waals surface area contributed by atoms with Crippen LogP contribution in [-0.4, -0.2) is 34.4 Å². The molecule has 0 bridgehead atoms. The van der Waals surface area contributed by atoms with Crippen molar-refractivity contribution in [2.24, 2.45) is 5.73 Å². The first kappa shape index (κ1) is 23.2. The van der Waals surface area contributed by atoms with Crippen LogP contribution < -0.4 is 19.5 Å². The summed E-state index contributed by atoms with van der Waals surface area (Å²) in [5, 5.41) is 19.1. The Labute approximate surface area is 141 Å². The zero-order valence-corrected chi connectivity index (χ0v) is 16.9. The Kier molecular flexibility index (Phi) is 19.8. The van der Waals surface area contributed by atoms with E-state index >= 15 is 0 Å². The van der Waals surface area contributed by atoms with E-state index in [2.05, 4.69) is 29.2 Å². The molecule has 1 rings (SSSR count). The summed E-state index contributed by atoms with van der Waals surface area (Å²) in [5.74, 6) is 0. The second-order valence-electron chi connectivity index (χ2n) is 4.74. The fourth-order valence-corrected chi connectivity index (χ4v) is 3.87. The molecule has 1 aromatic rings. The topological polar surface area (TPSA) is 72.1 Å². The molecule has 3 nitrogen and oxygen atoms in total. The predicted molar refractivity (Wildman–Crippen MR) is 89.8 cm³/mol. The summed E-state index contributed by atoms with van der Waals surface area (Å²) in [4.78, 5) is 2.32. The average Bonchev–Trinajstić information content (AvgIpc) is 2.50. The monoisotopic (exact) mass is 401 g/mol. The minimum atomic E-state index is -0.313. The molecule has 0 heterocycles. The number of nitrogens with two attached hydrogens (primary N) is 1. The van der Waals surface area contributed by atoms with Gasteiger partial charge < -0.3 is 10.2 Å². The summed E-state index contributed by atoms with van der Waals surface area (Å²) in [6.07, 6.45) is 3.73. The molecule has 0 saturated carbocycles. The first-order valence-corrected chi connectivity index (χ1v) is 12.0. The van der Waals surface area contributed by atoms with E-state index in [1.165, 1.54) is 9.14 Å². The van der Waals surface area contributed by atoms with Crippen molar-refractivity contribution in [2.75, 3.05) is 13.2 Å². The van der Waals surface area contributed by atoms with E-state index in [0.717, 1.165) is 25.7 Å². The van der Waals surface area contributed by atoms with E-state index in [4.69, 9.17) is 5.73 Å². The summed E-state index contributed by atoms with van der Waals surface area (Å²) in [7, 11) is 0. The number of benzene rings is 1. The van der Waals surface area contributed by atoms with Gasteiger partial charge in [0.15, 0.2) is 0 Å². The maximum absolute atomic E-state index is 9.53. The van der Waals surface area contributed by atoms with Crippen molar-refractivity contribution in [1.29, 1.82) is 0 Å². The maximum atomic E-state index is 9.53. The quantitative estimate of drug-likeness (QED) is 0.734. The van der Waals surface area contributed by atoms with Gasteiger partial charge in [0.1, 0.15) is 0 Å². The molecule has 120 valence electrons. The summed E-state index contributed by atoms with van der Waals surface area (Å²) in [5.41, 5.74) is 7.17. The van der Waals surface area contributed by atoms with E-state index < -0.39 is 0 Å². The van der Waals surface area contributed by atoms with E-state index in [1.807, 2.05) is 20.8 Å². The van der Waals surface area contributed by atoms with Gasteiger partial charge in [-0.2, -0.15) is 0 Å². The molecule has 4 heteroatoms. The molecule has 0 spiro atoms. The van der Waals surface area contributed by atoms with Gasteiger partial charge >= 0.3 is 78.2 Å². The second kappa shape index (κ2) is 17.9. The van der Waals surface area contributed by atoms with Crippen LogP contribution in [0.25, 0.3) is 0 Å². The fraction of sp³-hybridized carbons (Fsp3) is 0.647. The van der Waals surface area contributed by atoms with Crippen LogP contribution in [0.4, 0.5) is 0 Å². The number of unbranched alkanes of at least 4 members (excludes halogenated alkanes) is 2. The standard InChI is InChI=1S/C8H10N.2C4H9O.CH3.Sn/c1-7(9)8-5-3-2-4-6-8;2*1-2-3-4-5;;/h2-5,7H,9H2,1H3;2*2-4H2,1H3;1H3;/q;2*-1;;+2. The van der Waals surface area contributed by atoms with Gasteiger partial charge in [0.2, 0.25) is 0 Å². The predicted octanol–water partition coefficient (Wildman–Crippen LogP) is 1.38.